The maximum Gasteiger partial charge on any atom is 0.0318 e. The lowest BCUT2D eigenvalue weighted by Crippen LogP contribution is -2.11. The van der Waals surface area contributed by atoms with Gasteiger partial charge in [0.05, 0.1) is 0 Å². The number of hydrogen-bond acceptors (Lipinski definition) is 2. The van der Waals surface area contributed by atoms with Gasteiger partial charge in [-0.1, -0.05) is 32.6 Å². The molecule has 1 atom stereocenters. The van der Waals surface area contributed by atoms with Gasteiger partial charge in [-0.15, -0.1) is 0 Å². The van der Waals surface area contributed by atoms with Gasteiger partial charge in [0.2, 0.25) is 0 Å². The molecule has 15 heavy (non-hydrogen) atoms. The number of rotatable bonds is 6. The van der Waals surface area contributed by atoms with Crippen LogP contribution >= 0.6 is 0 Å². The molecule has 0 saturated carbocycles. The maximum absolute atomic E-state index is 6.14. The quantitative estimate of drug-likeness (QED) is 0.725. The minimum atomic E-state index is 0.163. The largest absolute Gasteiger partial charge is 0.324 e. The molecule has 0 bridgehead atoms. The average Bonchev–Trinajstić information content (AvgIpc) is 2.25. The predicted molar refractivity (Wildman–Crippen MR) is 64.7 cm³/mol. The van der Waals surface area contributed by atoms with Gasteiger partial charge in [0, 0.05) is 18.4 Å². The number of pyridine rings is 1. The monoisotopic (exact) mass is 206 g/mol. The lowest BCUT2D eigenvalue weighted by Gasteiger charge is -2.13. The van der Waals surface area contributed by atoms with Crippen LogP contribution in [0.15, 0.2) is 18.5 Å². The van der Waals surface area contributed by atoms with Crippen LogP contribution < -0.4 is 5.73 Å². The number of nitrogens with two attached hydrogens (primary N) is 1. The second-order valence-electron chi connectivity index (χ2n) is 4.19. The van der Waals surface area contributed by atoms with Gasteiger partial charge in [-0.3, -0.25) is 4.98 Å². The Morgan fingerprint density at radius 1 is 1.33 bits per heavy atom. The summed E-state index contributed by atoms with van der Waals surface area (Å²) in [7, 11) is 0. The van der Waals surface area contributed by atoms with Crippen LogP contribution in [0.3, 0.4) is 0 Å². The average molecular weight is 206 g/mol. The molecule has 1 aromatic rings. The molecule has 2 N–H and O–H groups in total. The van der Waals surface area contributed by atoms with Crippen molar-refractivity contribution in [2.75, 3.05) is 0 Å². The van der Waals surface area contributed by atoms with Crippen molar-refractivity contribution in [3.63, 3.8) is 0 Å². The second kappa shape index (κ2) is 6.57. The van der Waals surface area contributed by atoms with Crippen LogP contribution in [0, 0.1) is 6.92 Å². The molecular formula is C13H22N2. The molecule has 1 heterocycles. The van der Waals surface area contributed by atoms with Crippen molar-refractivity contribution in [2.45, 2.75) is 52.0 Å². The first-order chi connectivity index (χ1) is 7.25. The molecule has 0 aliphatic rings. The smallest absolute Gasteiger partial charge is 0.0318 e. The molecule has 0 aliphatic carbocycles. The van der Waals surface area contributed by atoms with Gasteiger partial charge < -0.3 is 5.73 Å². The van der Waals surface area contributed by atoms with Crippen LogP contribution in [0.25, 0.3) is 0 Å². The van der Waals surface area contributed by atoms with E-state index in [0.717, 1.165) is 6.42 Å². The SMILES string of the molecule is CCCCCCC(N)c1cnccc1C. The first-order valence-electron chi connectivity index (χ1n) is 5.91. The topological polar surface area (TPSA) is 38.9 Å². The highest BCUT2D eigenvalue weighted by molar-refractivity contribution is 5.24. The minimum absolute atomic E-state index is 0.163. The fourth-order valence-electron chi connectivity index (χ4n) is 1.81. The number of nitrogens with zero attached hydrogens (tertiary/aromatic N) is 1. The van der Waals surface area contributed by atoms with Gasteiger partial charge in [-0.2, -0.15) is 0 Å². The maximum atomic E-state index is 6.14. The normalized spacial score (nSPS) is 12.7. The van der Waals surface area contributed by atoms with E-state index in [4.69, 9.17) is 5.73 Å². The fourth-order valence-corrected chi connectivity index (χ4v) is 1.81. The summed E-state index contributed by atoms with van der Waals surface area (Å²) in [6, 6.07) is 2.19. The Balaban J connectivity index is 2.40. The number of hydrogen-bond donors (Lipinski definition) is 1. The third-order valence-electron chi connectivity index (χ3n) is 2.85. The summed E-state index contributed by atoms with van der Waals surface area (Å²) in [6.07, 6.45) is 9.92. The lowest BCUT2D eigenvalue weighted by atomic mass is 9.99. The minimum Gasteiger partial charge on any atom is -0.324 e. The third-order valence-corrected chi connectivity index (χ3v) is 2.85. The Hall–Kier alpha value is -0.890. The van der Waals surface area contributed by atoms with Crippen molar-refractivity contribution >= 4 is 0 Å². The molecule has 0 fully saturated rings. The van der Waals surface area contributed by atoms with Crippen molar-refractivity contribution in [3.8, 4) is 0 Å². The van der Waals surface area contributed by atoms with Crippen molar-refractivity contribution in [1.82, 2.24) is 4.98 Å². The Bertz CT molecular complexity index is 284. The molecule has 1 unspecified atom stereocenters. The summed E-state index contributed by atoms with van der Waals surface area (Å²) in [5.41, 5.74) is 8.60. The second-order valence-corrected chi connectivity index (χ2v) is 4.19. The Morgan fingerprint density at radius 2 is 2.13 bits per heavy atom. The van der Waals surface area contributed by atoms with Crippen LogP contribution in [0.1, 0.15) is 56.2 Å². The summed E-state index contributed by atoms with van der Waals surface area (Å²) >= 11 is 0. The van der Waals surface area contributed by atoms with Crippen LogP contribution in [0.5, 0.6) is 0 Å². The highest BCUT2D eigenvalue weighted by Crippen LogP contribution is 2.19. The molecule has 0 aliphatic heterocycles. The Labute approximate surface area is 92.9 Å². The van der Waals surface area contributed by atoms with Gasteiger partial charge in [0.25, 0.3) is 0 Å². The van der Waals surface area contributed by atoms with E-state index >= 15 is 0 Å². The first kappa shape index (κ1) is 12.2. The van der Waals surface area contributed by atoms with Crippen LogP contribution in [0.4, 0.5) is 0 Å². The van der Waals surface area contributed by atoms with Crippen LogP contribution in [0.2, 0.25) is 0 Å². The third kappa shape index (κ3) is 4.00. The molecular weight excluding hydrogens is 184 g/mol. The van der Waals surface area contributed by atoms with Crippen molar-refractivity contribution < 1.29 is 0 Å². The fraction of sp³-hybridized carbons (Fsp3) is 0.615. The molecule has 0 aromatic carbocycles. The Kier molecular flexibility index (Phi) is 5.33. The molecule has 2 nitrogen and oxygen atoms in total. The van der Waals surface area contributed by atoms with E-state index in [1.54, 1.807) is 0 Å². The molecule has 0 radical (unpaired) electrons. The molecule has 0 spiro atoms. The highest BCUT2D eigenvalue weighted by Gasteiger charge is 2.07. The van der Waals surface area contributed by atoms with Gasteiger partial charge in [-0.25, -0.2) is 0 Å². The predicted octanol–water partition coefficient (Wildman–Crippen LogP) is 3.36. The molecule has 1 aromatic heterocycles. The lowest BCUT2D eigenvalue weighted by molar-refractivity contribution is 0.563. The van der Waals surface area contributed by atoms with E-state index in [1.165, 1.54) is 36.8 Å². The number of aryl methyl sites for hydroxylation is 1. The zero-order valence-corrected chi connectivity index (χ0v) is 9.87. The van der Waals surface area contributed by atoms with Gasteiger partial charge in [0.1, 0.15) is 0 Å². The Morgan fingerprint density at radius 3 is 2.80 bits per heavy atom. The van der Waals surface area contributed by atoms with Gasteiger partial charge in [0.15, 0.2) is 0 Å². The molecule has 1 rings (SSSR count). The summed E-state index contributed by atoms with van der Waals surface area (Å²) in [4.78, 5) is 4.13. The van der Waals surface area contributed by atoms with E-state index in [0.29, 0.717) is 0 Å². The number of unbranched alkanes of at least 4 members (excludes halogenated alkanes) is 3. The molecule has 0 amide bonds. The van der Waals surface area contributed by atoms with E-state index < -0.39 is 0 Å². The van der Waals surface area contributed by atoms with Gasteiger partial charge in [-0.05, 0) is 30.5 Å². The summed E-state index contributed by atoms with van der Waals surface area (Å²) < 4.78 is 0. The number of aromatic nitrogens is 1. The van der Waals surface area contributed by atoms with Crippen LogP contribution in [-0.4, -0.2) is 4.98 Å². The summed E-state index contributed by atoms with van der Waals surface area (Å²) in [5.74, 6) is 0. The highest BCUT2D eigenvalue weighted by atomic mass is 14.7. The first-order valence-corrected chi connectivity index (χ1v) is 5.91. The van der Waals surface area contributed by atoms with E-state index in [9.17, 15) is 0 Å². The van der Waals surface area contributed by atoms with Crippen LogP contribution in [-0.2, 0) is 0 Å². The molecule has 2 heteroatoms. The van der Waals surface area contributed by atoms with E-state index in [1.807, 2.05) is 18.5 Å². The molecule has 84 valence electrons. The van der Waals surface area contributed by atoms with Crippen molar-refractivity contribution in [1.29, 1.82) is 0 Å². The zero-order valence-electron chi connectivity index (χ0n) is 9.87. The van der Waals surface area contributed by atoms with Crippen molar-refractivity contribution in [2.24, 2.45) is 5.73 Å². The standard InChI is InChI=1S/C13H22N2/c1-3-4-5-6-7-13(14)12-10-15-9-8-11(12)2/h8-10,13H,3-7,14H2,1-2H3. The summed E-state index contributed by atoms with van der Waals surface area (Å²) in [6.45, 7) is 4.33. The van der Waals surface area contributed by atoms with E-state index in [2.05, 4.69) is 18.8 Å². The van der Waals surface area contributed by atoms with E-state index in [-0.39, 0.29) is 6.04 Å². The zero-order chi connectivity index (χ0) is 11.1. The van der Waals surface area contributed by atoms with Crippen molar-refractivity contribution in [3.05, 3.63) is 29.6 Å². The molecule has 0 saturated heterocycles. The van der Waals surface area contributed by atoms with Gasteiger partial charge >= 0.3 is 0 Å². The summed E-state index contributed by atoms with van der Waals surface area (Å²) in [5, 5.41) is 0.